The van der Waals surface area contributed by atoms with Gasteiger partial charge in [-0.05, 0) is 17.7 Å². The predicted molar refractivity (Wildman–Crippen MR) is 124 cm³/mol. The molecule has 1 aromatic heterocycles. The van der Waals surface area contributed by atoms with Crippen molar-refractivity contribution < 1.29 is 32.8 Å². The first-order valence-electron chi connectivity index (χ1n) is 10.5. The third kappa shape index (κ3) is 3.63. The minimum Gasteiger partial charge on any atom is -0.493 e. The van der Waals surface area contributed by atoms with Crippen molar-refractivity contribution in [2.24, 2.45) is 0 Å². The van der Waals surface area contributed by atoms with Crippen LogP contribution in [0.5, 0.6) is 34.5 Å². The third-order valence-corrected chi connectivity index (χ3v) is 5.57. The summed E-state index contributed by atoms with van der Waals surface area (Å²) >= 11 is 0. The maximum absolute atomic E-state index is 13.6. The summed E-state index contributed by atoms with van der Waals surface area (Å²) in [6, 6.07) is 14.7. The van der Waals surface area contributed by atoms with Gasteiger partial charge in [0.15, 0.2) is 23.0 Å². The van der Waals surface area contributed by atoms with Crippen LogP contribution in [0.15, 0.2) is 64.0 Å². The highest BCUT2D eigenvalue weighted by Crippen LogP contribution is 2.52. The normalized spacial score (nSPS) is 12.0. The lowest BCUT2D eigenvalue weighted by Crippen LogP contribution is -2.07. The fourth-order valence-electron chi connectivity index (χ4n) is 3.90. The Morgan fingerprint density at radius 1 is 0.824 bits per heavy atom. The quantitative estimate of drug-likeness (QED) is 0.387. The number of benzene rings is 3. The summed E-state index contributed by atoms with van der Waals surface area (Å²) in [5.74, 6) is 2.46. The molecule has 0 amide bonds. The van der Waals surface area contributed by atoms with Gasteiger partial charge in [0.05, 0.1) is 32.3 Å². The molecule has 0 unspecified atom stereocenters. The molecule has 0 radical (unpaired) electrons. The molecule has 0 aliphatic carbocycles. The van der Waals surface area contributed by atoms with Crippen LogP contribution < -0.4 is 33.8 Å². The standard InChI is InChI=1S/C26H22O8/c1-28-20-11-19-17(10-21(20)31-12-15-7-5-4-6-8-15)23(27)18(13-32-19)16-9-22(29-2)25-26(24(16)30-3)34-14-33-25/h4-11,13H,12,14H2,1-3H3. The fourth-order valence-corrected chi connectivity index (χ4v) is 3.90. The van der Waals surface area contributed by atoms with E-state index in [0.29, 0.717) is 57.6 Å². The molecule has 0 saturated carbocycles. The molecular formula is C26H22O8. The molecule has 0 N–H and O–H groups in total. The molecule has 8 heteroatoms. The first-order chi connectivity index (χ1) is 16.6. The minimum atomic E-state index is -0.271. The SMILES string of the molecule is COc1cc2occ(-c3cc(OC)c4c(c3OC)OCO4)c(=O)c2cc1OCc1ccccc1. The van der Waals surface area contributed by atoms with Crippen molar-refractivity contribution in [3.05, 3.63) is 70.6 Å². The molecule has 34 heavy (non-hydrogen) atoms. The second-order valence-electron chi connectivity index (χ2n) is 7.48. The van der Waals surface area contributed by atoms with E-state index in [1.165, 1.54) is 27.6 Å². The second kappa shape index (κ2) is 8.90. The van der Waals surface area contributed by atoms with Crippen molar-refractivity contribution in [2.75, 3.05) is 28.1 Å². The zero-order chi connectivity index (χ0) is 23.7. The second-order valence-corrected chi connectivity index (χ2v) is 7.48. The Kier molecular flexibility index (Phi) is 5.63. The first kappa shape index (κ1) is 21.5. The largest absolute Gasteiger partial charge is 0.493 e. The number of hydrogen-bond acceptors (Lipinski definition) is 8. The van der Waals surface area contributed by atoms with Gasteiger partial charge in [0.25, 0.3) is 0 Å². The monoisotopic (exact) mass is 462 g/mol. The maximum atomic E-state index is 13.6. The summed E-state index contributed by atoms with van der Waals surface area (Å²) in [4.78, 5) is 13.6. The topological polar surface area (TPSA) is 85.6 Å². The van der Waals surface area contributed by atoms with Gasteiger partial charge in [0, 0.05) is 11.6 Å². The molecule has 5 rings (SSSR count). The van der Waals surface area contributed by atoms with Crippen LogP contribution >= 0.6 is 0 Å². The Morgan fingerprint density at radius 2 is 1.59 bits per heavy atom. The van der Waals surface area contributed by atoms with Gasteiger partial charge < -0.3 is 32.8 Å². The lowest BCUT2D eigenvalue weighted by atomic mass is 10.0. The molecule has 4 aromatic rings. The summed E-state index contributed by atoms with van der Waals surface area (Å²) in [7, 11) is 4.54. The van der Waals surface area contributed by atoms with Crippen molar-refractivity contribution in [1.82, 2.24) is 0 Å². The van der Waals surface area contributed by atoms with Crippen LogP contribution in [0.1, 0.15) is 5.56 Å². The van der Waals surface area contributed by atoms with Crippen molar-refractivity contribution in [3.8, 4) is 45.6 Å². The molecule has 0 atom stereocenters. The fraction of sp³-hybridized carbons (Fsp3) is 0.192. The van der Waals surface area contributed by atoms with E-state index >= 15 is 0 Å². The van der Waals surface area contributed by atoms with Gasteiger partial charge in [0.2, 0.25) is 23.7 Å². The van der Waals surface area contributed by atoms with Crippen molar-refractivity contribution in [1.29, 1.82) is 0 Å². The van der Waals surface area contributed by atoms with E-state index in [0.717, 1.165) is 5.56 Å². The van der Waals surface area contributed by atoms with Gasteiger partial charge >= 0.3 is 0 Å². The number of rotatable bonds is 7. The lowest BCUT2D eigenvalue weighted by Gasteiger charge is -2.14. The first-order valence-corrected chi connectivity index (χ1v) is 10.5. The highest BCUT2D eigenvalue weighted by atomic mass is 16.7. The molecule has 0 saturated heterocycles. The van der Waals surface area contributed by atoms with Gasteiger partial charge in [-0.3, -0.25) is 4.79 Å². The van der Waals surface area contributed by atoms with E-state index in [1.54, 1.807) is 18.2 Å². The van der Waals surface area contributed by atoms with Crippen LogP contribution in [-0.4, -0.2) is 28.1 Å². The summed E-state index contributed by atoms with van der Waals surface area (Å²) in [5, 5.41) is 0.333. The van der Waals surface area contributed by atoms with E-state index in [1.807, 2.05) is 30.3 Å². The van der Waals surface area contributed by atoms with E-state index in [4.69, 9.17) is 32.8 Å². The molecule has 0 bridgehead atoms. The maximum Gasteiger partial charge on any atom is 0.231 e. The summed E-state index contributed by atoms with van der Waals surface area (Å²) < 4.78 is 39.4. The summed E-state index contributed by atoms with van der Waals surface area (Å²) in [5.41, 5.74) is 1.82. The van der Waals surface area contributed by atoms with Crippen LogP contribution in [-0.2, 0) is 6.61 Å². The van der Waals surface area contributed by atoms with Gasteiger partial charge in [-0.1, -0.05) is 30.3 Å². The Labute approximate surface area is 195 Å². The van der Waals surface area contributed by atoms with Crippen LogP contribution in [0.25, 0.3) is 22.1 Å². The van der Waals surface area contributed by atoms with Crippen LogP contribution in [0.4, 0.5) is 0 Å². The average Bonchev–Trinajstić information content (AvgIpc) is 3.37. The van der Waals surface area contributed by atoms with E-state index < -0.39 is 0 Å². The van der Waals surface area contributed by atoms with Crippen molar-refractivity contribution in [2.45, 2.75) is 6.61 Å². The molecule has 2 heterocycles. The lowest BCUT2D eigenvalue weighted by molar-refractivity contribution is 0.168. The highest BCUT2D eigenvalue weighted by Gasteiger charge is 2.29. The molecule has 8 nitrogen and oxygen atoms in total. The van der Waals surface area contributed by atoms with Gasteiger partial charge in [-0.15, -0.1) is 0 Å². The van der Waals surface area contributed by atoms with Gasteiger partial charge in [0.1, 0.15) is 18.5 Å². The van der Waals surface area contributed by atoms with E-state index in [9.17, 15) is 4.79 Å². The van der Waals surface area contributed by atoms with Crippen LogP contribution in [0.2, 0.25) is 0 Å². The number of hydrogen-bond donors (Lipinski definition) is 0. The zero-order valence-electron chi connectivity index (χ0n) is 18.9. The molecule has 3 aromatic carbocycles. The molecule has 0 fully saturated rings. The van der Waals surface area contributed by atoms with Crippen molar-refractivity contribution >= 4 is 11.0 Å². The van der Waals surface area contributed by atoms with Crippen molar-refractivity contribution in [3.63, 3.8) is 0 Å². The zero-order valence-corrected chi connectivity index (χ0v) is 18.9. The third-order valence-electron chi connectivity index (χ3n) is 5.57. The van der Waals surface area contributed by atoms with Crippen LogP contribution in [0.3, 0.4) is 0 Å². The number of fused-ring (bicyclic) bond motifs is 2. The van der Waals surface area contributed by atoms with Gasteiger partial charge in [-0.25, -0.2) is 0 Å². The molecule has 0 spiro atoms. The Balaban J connectivity index is 1.63. The minimum absolute atomic E-state index is 0.0275. The number of ether oxygens (including phenoxy) is 6. The van der Waals surface area contributed by atoms with E-state index in [-0.39, 0.29) is 17.8 Å². The molecule has 1 aliphatic rings. The molecular weight excluding hydrogens is 440 g/mol. The predicted octanol–water partition coefficient (Wildman–Crippen LogP) is 4.79. The van der Waals surface area contributed by atoms with E-state index in [2.05, 4.69) is 0 Å². The van der Waals surface area contributed by atoms with Gasteiger partial charge in [-0.2, -0.15) is 0 Å². The van der Waals surface area contributed by atoms with Crippen LogP contribution in [0, 0.1) is 0 Å². The smallest absolute Gasteiger partial charge is 0.231 e. The average molecular weight is 462 g/mol. The Morgan fingerprint density at radius 3 is 2.32 bits per heavy atom. The molecule has 174 valence electrons. The number of methoxy groups -OCH3 is 3. The Hall–Kier alpha value is -4.33. The summed E-state index contributed by atoms with van der Waals surface area (Å²) in [6.07, 6.45) is 1.38. The molecule has 1 aliphatic heterocycles. The Bertz CT molecular complexity index is 1410. The summed E-state index contributed by atoms with van der Waals surface area (Å²) in [6.45, 7) is 0.348. The highest BCUT2D eigenvalue weighted by molar-refractivity contribution is 5.87.